The lowest BCUT2D eigenvalue weighted by atomic mass is 10.1. The SMILES string of the molecule is COC(OC)c1ccnc(C2CN3CCN2CC3)n1. The molecule has 1 unspecified atom stereocenters. The van der Waals surface area contributed by atoms with Crippen LogP contribution in [0.1, 0.15) is 23.9 Å². The molecule has 1 atom stereocenters. The summed E-state index contributed by atoms with van der Waals surface area (Å²) >= 11 is 0. The predicted octanol–water partition coefficient (Wildman–Crippen LogP) is 0.440. The number of hydrogen-bond donors (Lipinski definition) is 0. The Morgan fingerprint density at radius 1 is 1.21 bits per heavy atom. The van der Waals surface area contributed by atoms with Crippen LogP contribution in [0.15, 0.2) is 12.3 Å². The molecule has 1 aromatic rings. The van der Waals surface area contributed by atoms with Crippen molar-refractivity contribution in [3.63, 3.8) is 0 Å². The lowest BCUT2D eigenvalue weighted by Gasteiger charge is -2.46. The Morgan fingerprint density at radius 2 is 1.95 bits per heavy atom. The third-order valence-corrected chi connectivity index (χ3v) is 3.94. The standard InChI is InChI=1S/C13H20N4O2/c1-18-13(19-2)10-3-4-14-12(15-10)11-9-16-5-7-17(11)8-6-16/h3-4,11,13H,5-9H2,1-2H3. The van der Waals surface area contributed by atoms with Gasteiger partial charge in [-0.05, 0) is 6.07 Å². The summed E-state index contributed by atoms with van der Waals surface area (Å²) < 4.78 is 10.5. The molecule has 3 aliphatic rings. The van der Waals surface area contributed by atoms with Crippen molar-refractivity contribution in [2.75, 3.05) is 46.9 Å². The number of piperazine rings is 3. The highest BCUT2D eigenvalue weighted by molar-refractivity contribution is 5.09. The van der Waals surface area contributed by atoms with Crippen LogP contribution in [0.5, 0.6) is 0 Å². The molecule has 1 aromatic heterocycles. The Bertz CT molecular complexity index is 430. The first kappa shape index (κ1) is 12.9. The van der Waals surface area contributed by atoms with E-state index in [0.29, 0.717) is 6.04 Å². The maximum atomic E-state index is 5.25. The summed E-state index contributed by atoms with van der Waals surface area (Å²) in [5.74, 6) is 0.876. The second-order valence-electron chi connectivity index (χ2n) is 5.00. The van der Waals surface area contributed by atoms with E-state index < -0.39 is 6.29 Å². The molecular weight excluding hydrogens is 244 g/mol. The van der Waals surface area contributed by atoms with E-state index in [2.05, 4.69) is 19.8 Å². The molecule has 0 aliphatic carbocycles. The van der Waals surface area contributed by atoms with Gasteiger partial charge in [0.25, 0.3) is 0 Å². The number of ether oxygens (including phenoxy) is 2. The van der Waals surface area contributed by atoms with Crippen LogP contribution in [0.3, 0.4) is 0 Å². The van der Waals surface area contributed by atoms with Crippen molar-refractivity contribution >= 4 is 0 Å². The van der Waals surface area contributed by atoms with Gasteiger partial charge in [-0.3, -0.25) is 9.80 Å². The fourth-order valence-electron chi connectivity index (χ4n) is 2.88. The van der Waals surface area contributed by atoms with Gasteiger partial charge in [0.2, 0.25) is 6.29 Å². The Morgan fingerprint density at radius 3 is 2.53 bits per heavy atom. The lowest BCUT2D eigenvalue weighted by Crippen LogP contribution is -2.57. The maximum absolute atomic E-state index is 5.25. The topological polar surface area (TPSA) is 50.7 Å². The first-order chi connectivity index (χ1) is 9.31. The lowest BCUT2D eigenvalue weighted by molar-refractivity contribution is -0.109. The summed E-state index contributed by atoms with van der Waals surface area (Å²) in [4.78, 5) is 14.0. The highest BCUT2D eigenvalue weighted by Crippen LogP contribution is 2.27. The minimum atomic E-state index is -0.419. The second-order valence-corrected chi connectivity index (χ2v) is 5.00. The van der Waals surface area contributed by atoms with E-state index in [1.54, 1.807) is 20.4 Å². The van der Waals surface area contributed by atoms with Crippen LogP contribution >= 0.6 is 0 Å². The van der Waals surface area contributed by atoms with Crippen LogP contribution in [-0.4, -0.2) is 66.7 Å². The molecule has 3 saturated heterocycles. The predicted molar refractivity (Wildman–Crippen MR) is 69.5 cm³/mol. The molecule has 6 nitrogen and oxygen atoms in total. The van der Waals surface area contributed by atoms with Crippen molar-refractivity contribution in [1.82, 2.24) is 19.8 Å². The Labute approximate surface area is 113 Å². The Hall–Kier alpha value is -1.08. The molecule has 0 radical (unpaired) electrons. The van der Waals surface area contributed by atoms with Gasteiger partial charge in [0.1, 0.15) is 5.82 Å². The molecule has 0 aromatic carbocycles. The average molecular weight is 264 g/mol. The van der Waals surface area contributed by atoms with Gasteiger partial charge in [0, 0.05) is 53.1 Å². The summed E-state index contributed by atoms with van der Waals surface area (Å²) in [6, 6.07) is 2.15. The molecule has 19 heavy (non-hydrogen) atoms. The van der Waals surface area contributed by atoms with Gasteiger partial charge < -0.3 is 9.47 Å². The quantitative estimate of drug-likeness (QED) is 0.736. The van der Waals surface area contributed by atoms with E-state index in [0.717, 1.165) is 44.2 Å². The van der Waals surface area contributed by atoms with E-state index in [9.17, 15) is 0 Å². The molecule has 0 amide bonds. The van der Waals surface area contributed by atoms with E-state index in [-0.39, 0.29) is 0 Å². The minimum absolute atomic E-state index is 0.303. The fourth-order valence-corrected chi connectivity index (χ4v) is 2.88. The van der Waals surface area contributed by atoms with Crippen LogP contribution < -0.4 is 0 Å². The summed E-state index contributed by atoms with van der Waals surface area (Å²) in [5.41, 5.74) is 0.785. The van der Waals surface area contributed by atoms with Crippen LogP contribution in [0.2, 0.25) is 0 Å². The molecule has 6 heteroatoms. The maximum Gasteiger partial charge on any atom is 0.200 e. The summed E-state index contributed by atoms with van der Waals surface area (Å²) in [6.45, 7) is 5.56. The van der Waals surface area contributed by atoms with Crippen LogP contribution in [0.25, 0.3) is 0 Å². The van der Waals surface area contributed by atoms with E-state index in [4.69, 9.17) is 9.47 Å². The number of hydrogen-bond acceptors (Lipinski definition) is 6. The molecule has 104 valence electrons. The first-order valence-corrected chi connectivity index (χ1v) is 6.66. The van der Waals surface area contributed by atoms with Gasteiger partial charge in [-0.2, -0.15) is 0 Å². The van der Waals surface area contributed by atoms with Crippen molar-refractivity contribution in [2.24, 2.45) is 0 Å². The zero-order chi connectivity index (χ0) is 13.2. The minimum Gasteiger partial charge on any atom is -0.350 e. The van der Waals surface area contributed by atoms with Gasteiger partial charge in [0.15, 0.2) is 0 Å². The van der Waals surface area contributed by atoms with Crippen molar-refractivity contribution in [3.05, 3.63) is 23.8 Å². The molecule has 0 N–H and O–H groups in total. The van der Waals surface area contributed by atoms with Crippen molar-refractivity contribution in [1.29, 1.82) is 0 Å². The molecule has 3 aliphatic heterocycles. The van der Waals surface area contributed by atoms with Crippen molar-refractivity contribution < 1.29 is 9.47 Å². The molecule has 4 rings (SSSR count). The normalized spacial score (nSPS) is 29.9. The molecule has 3 fully saturated rings. The molecule has 4 heterocycles. The highest BCUT2D eigenvalue weighted by Gasteiger charge is 2.34. The average Bonchev–Trinajstić information content (AvgIpc) is 2.50. The molecular formula is C13H20N4O2. The zero-order valence-electron chi connectivity index (χ0n) is 11.5. The van der Waals surface area contributed by atoms with Crippen LogP contribution in [-0.2, 0) is 9.47 Å². The fraction of sp³-hybridized carbons (Fsp3) is 0.692. The van der Waals surface area contributed by atoms with E-state index >= 15 is 0 Å². The number of nitrogens with zero attached hydrogens (tertiary/aromatic N) is 4. The van der Waals surface area contributed by atoms with Gasteiger partial charge in [-0.1, -0.05) is 0 Å². The van der Waals surface area contributed by atoms with Gasteiger partial charge in [0.05, 0.1) is 11.7 Å². The van der Waals surface area contributed by atoms with Gasteiger partial charge in [-0.15, -0.1) is 0 Å². The van der Waals surface area contributed by atoms with E-state index in [1.165, 1.54) is 0 Å². The largest absolute Gasteiger partial charge is 0.350 e. The number of methoxy groups -OCH3 is 2. The second kappa shape index (κ2) is 5.50. The summed E-state index contributed by atoms with van der Waals surface area (Å²) in [7, 11) is 3.24. The highest BCUT2D eigenvalue weighted by atomic mass is 16.7. The third kappa shape index (κ3) is 2.49. The van der Waals surface area contributed by atoms with Crippen molar-refractivity contribution in [3.8, 4) is 0 Å². The molecule has 0 saturated carbocycles. The van der Waals surface area contributed by atoms with Crippen molar-refractivity contribution in [2.45, 2.75) is 12.3 Å². The third-order valence-electron chi connectivity index (χ3n) is 3.94. The monoisotopic (exact) mass is 264 g/mol. The van der Waals surface area contributed by atoms with Gasteiger partial charge in [-0.25, -0.2) is 9.97 Å². The zero-order valence-corrected chi connectivity index (χ0v) is 11.5. The Balaban J connectivity index is 1.83. The summed E-state index contributed by atoms with van der Waals surface area (Å²) in [5, 5.41) is 0. The Kier molecular flexibility index (Phi) is 3.74. The van der Waals surface area contributed by atoms with Crippen LogP contribution in [0, 0.1) is 0 Å². The number of rotatable bonds is 4. The molecule has 2 bridgehead atoms. The first-order valence-electron chi connectivity index (χ1n) is 6.66. The van der Waals surface area contributed by atoms with Gasteiger partial charge >= 0.3 is 0 Å². The summed E-state index contributed by atoms with van der Waals surface area (Å²) in [6.07, 6.45) is 1.37. The van der Waals surface area contributed by atoms with Crippen LogP contribution in [0.4, 0.5) is 0 Å². The number of aromatic nitrogens is 2. The molecule has 0 spiro atoms. The smallest absolute Gasteiger partial charge is 0.200 e. The van der Waals surface area contributed by atoms with E-state index in [1.807, 2.05) is 6.07 Å². The number of fused-ring (bicyclic) bond motifs is 3.